The van der Waals surface area contributed by atoms with Gasteiger partial charge < -0.3 is 10.5 Å². The first-order valence-corrected chi connectivity index (χ1v) is 7.25. The van der Waals surface area contributed by atoms with Gasteiger partial charge in [0.05, 0.1) is 18.5 Å². The maximum atomic E-state index is 5.69. The van der Waals surface area contributed by atoms with Gasteiger partial charge in [0, 0.05) is 24.2 Å². The van der Waals surface area contributed by atoms with Gasteiger partial charge >= 0.3 is 0 Å². The number of anilines is 1. The van der Waals surface area contributed by atoms with Crippen LogP contribution in [0.25, 0.3) is 11.3 Å². The molecule has 3 rings (SSSR count). The molecule has 22 heavy (non-hydrogen) atoms. The van der Waals surface area contributed by atoms with Crippen molar-refractivity contribution < 1.29 is 4.74 Å². The summed E-state index contributed by atoms with van der Waals surface area (Å²) in [4.78, 5) is 0. The maximum Gasteiger partial charge on any atom is 0.119 e. The van der Waals surface area contributed by atoms with Crippen molar-refractivity contribution >= 4 is 5.69 Å². The zero-order valence-corrected chi connectivity index (χ0v) is 12.2. The molecule has 0 saturated carbocycles. The largest absolute Gasteiger partial charge is 0.494 e. The normalized spacial score (nSPS) is 10.5. The van der Waals surface area contributed by atoms with Crippen LogP contribution in [-0.2, 0) is 6.54 Å². The molecule has 5 heteroatoms. The van der Waals surface area contributed by atoms with E-state index in [9.17, 15) is 0 Å². The van der Waals surface area contributed by atoms with Crippen molar-refractivity contribution in [2.75, 3.05) is 12.3 Å². The number of nitrogens with two attached hydrogens (primary N) is 1. The molecular weight excluding hydrogens is 276 g/mol. The molecule has 5 nitrogen and oxygen atoms in total. The summed E-state index contributed by atoms with van der Waals surface area (Å²) in [5.74, 6) is 0.830. The first kappa shape index (κ1) is 14.1. The predicted molar refractivity (Wildman–Crippen MR) is 86.4 cm³/mol. The van der Waals surface area contributed by atoms with Crippen molar-refractivity contribution in [1.29, 1.82) is 0 Å². The molecular formula is C17H18N4O. The fraction of sp³-hybridized carbons (Fsp3) is 0.176. The molecule has 3 aromatic rings. The Kier molecular flexibility index (Phi) is 4.34. The topological polar surface area (TPSA) is 66.0 Å². The average Bonchev–Trinajstić information content (AvgIpc) is 3.02. The summed E-state index contributed by atoms with van der Waals surface area (Å²) < 4.78 is 7.59. The molecule has 0 bridgehead atoms. The molecule has 1 heterocycles. The first-order chi connectivity index (χ1) is 10.8. The quantitative estimate of drug-likeness (QED) is 0.560. The van der Waals surface area contributed by atoms with Crippen LogP contribution in [0.3, 0.4) is 0 Å². The summed E-state index contributed by atoms with van der Waals surface area (Å²) in [5.41, 5.74) is 8.52. The molecule has 2 aromatic carbocycles. The second kappa shape index (κ2) is 6.76. The van der Waals surface area contributed by atoms with Crippen molar-refractivity contribution in [2.45, 2.75) is 13.0 Å². The molecule has 0 atom stereocenters. The molecule has 0 aliphatic carbocycles. The van der Waals surface area contributed by atoms with Crippen LogP contribution in [0.1, 0.15) is 6.42 Å². The fourth-order valence-electron chi connectivity index (χ4n) is 2.22. The van der Waals surface area contributed by atoms with Crippen molar-refractivity contribution in [3.8, 4) is 17.0 Å². The van der Waals surface area contributed by atoms with Crippen LogP contribution in [0.4, 0.5) is 5.69 Å². The second-order valence-electron chi connectivity index (χ2n) is 4.98. The second-order valence-corrected chi connectivity index (χ2v) is 4.98. The van der Waals surface area contributed by atoms with Crippen LogP contribution in [0.2, 0.25) is 0 Å². The molecule has 0 spiro atoms. The number of rotatable bonds is 6. The number of nitrogen functional groups attached to an aromatic ring is 1. The lowest BCUT2D eigenvalue weighted by Gasteiger charge is -2.08. The highest BCUT2D eigenvalue weighted by molar-refractivity contribution is 5.57. The van der Waals surface area contributed by atoms with Gasteiger partial charge in [-0.1, -0.05) is 35.5 Å². The zero-order chi connectivity index (χ0) is 15.2. The Bertz CT molecular complexity index is 707. The lowest BCUT2D eigenvalue weighted by atomic mass is 10.2. The third-order valence-electron chi connectivity index (χ3n) is 3.35. The standard InChI is InChI=1S/C17H18N4O/c18-15-7-9-16(10-8-15)22-12-4-11-21-17(13-19-20-21)14-5-2-1-3-6-14/h1-3,5-10,13H,4,11-12,18H2. The smallest absolute Gasteiger partial charge is 0.119 e. The number of hydrogen-bond acceptors (Lipinski definition) is 4. The average molecular weight is 294 g/mol. The van der Waals surface area contributed by atoms with E-state index in [2.05, 4.69) is 22.4 Å². The first-order valence-electron chi connectivity index (χ1n) is 7.25. The Morgan fingerprint density at radius 1 is 1.00 bits per heavy atom. The highest BCUT2D eigenvalue weighted by Gasteiger charge is 2.05. The van der Waals surface area contributed by atoms with E-state index in [1.807, 2.05) is 47.1 Å². The Morgan fingerprint density at radius 2 is 1.77 bits per heavy atom. The molecule has 112 valence electrons. The van der Waals surface area contributed by atoms with Gasteiger partial charge in [-0.3, -0.25) is 0 Å². The van der Waals surface area contributed by atoms with Crippen LogP contribution in [0.15, 0.2) is 60.8 Å². The zero-order valence-electron chi connectivity index (χ0n) is 12.2. The van der Waals surface area contributed by atoms with E-state index in [1.165, 1.54) is 0 Å². The van der Waals surface area contributed by atoms with E-state index in [0.29, 0.717) is 6.61 Å². The van der Waals surface area contributed by atoms with E-state index in [1.54, 1.807) is 6.20 Å². The third kappa shape index (κ3) is 3.44. The molecule has 0 fully saturated rings. The van der Waals surface area contributed by atoms with E-state index in [0.717, 1.165) is 35.7 Å². The van der Waals surface area contributed by atoms with Crippen LogP contribution < -0.4 is 10.5 Å². The van der Waals surface area contributed by atoms with Gasteiger partial charge in [-0.25, -0.2) is 4.68 Å². The summed E-state index contributed by atoms with van der Waals surface area (Å²) in [6, 6.07) is 17.5. The van der Waals surface area contributed by atoms with Gasteiger partial charge in [0.2, 0.25) is 0 Å². The van der Waals surface area contributed by atoms with Gasteiger partial charge in [0.25, 0.3) is 0 Å². The van der Waals surface area contributed by atoms with Crippen LogP contribution in [0, 0.1) is 0 Å². The minimum atomic E-state index is 0.623. The summed E-state index contributed by atoms with van der Waals surface area (Å²) >= 11 is 0. The number of hydrogen-bond donors (Lipinski definition) is 1. The Morgan fingerprint density at radius 3 is 2.55 bits per heavy atom. The summed E-state index contributed by atoms with van der Waals surface area (Å²) in [6.45, 7) is 1.39. The van der Waals surface area contributed by atoms with Gasteiger partial charge in [0.15, 0.2) is 0 Å². The number of aromatic nitrogens is 3. The Balaban J connectivity index is 1.54. The van der Waals surface area contributed by atoms with Gasteiger partial charge in [0.1, 0.15) is 5.75 Å². The van der Waals surface area contributed by atoms with Crippen molar-refractivity contribution in [2.24, 2.45) is 0 Å². The highest BCUT2D eigenvalue weighted by atomic mass is 16.5. The molecule has 0 unspecified atom stereocenters. The highest BCUT2D eigenvalue weighted by Crippen LogP contribution is 2.17. The van der Waals surface area contributed by atoms with Crippen LogP contribution >= 0.6 is 0 Å². The number of nitrogens with zero attached hydrogens (tertiary/aromatic N) is 3. The molecule has 0 saturated heterocycles. The number of aryl methyl sites for hydroxylation is 1. The Labute approximate surface area is 129 Å². The van der Waals surface area contributed by atoms with Gasteiger partial charge in [-0.2, -0.15) is 0 Å². The van der Waals surface area contributed by atoms with Crippen molar-refractivity contribution in [3.05, 3.63) is 60.8 Å². The van der Waals surface area contributed by atoms with E-state index >= 15 is 0 Å². The van der Waals surface area contributed by atoms with E-state index in [4.69, 9.17) is 10.5 Å². The minimum Gasteiger partial charge on any atom is -0.494 e. The van der Waals surface area contributed by atoms with Crippen molar-refractivity contribution in [3.63, 3.8) is 0 Å². The van der Waals surface area contributed by atoms with E-state index < -0.39 is 0 Å². The number of benzene rings is 2. The molecule has 0 radical (unpaired) electrons. The summed E-state index contributed by atoms with van der Waals surface area (Å²) in [5, 5.41) is 8.15. The lowest BCUT2D eigenvalue weighted by molar-refractivity contribution is 0.298. The SMILES string of the molecule is Nc1ccc(OCCCn2nncc2-c2ccccc2)cc1. The van der Waals surface area contributed by atoms with Crippen LogP contribution in [0.5, 0.6) is 5.75 Å². The van der Waals surface area contributed by atoms with Gasteiger partial charge in [-0.05, 0) is 24.3 Å². The third-order valence-corrected chi connectivity index (χ3v) is 3.35. The predicted octanol–water partition coefficient (Wildman–Crippen LogP) is 3.00. The molecule has 0 amide bonds. The molecule has 0 aliphatic heterocycles. The summed E-state index contributed by atoms with van der Waals surface area (Å²) in [7, 11) is 0. The van der Waals surface area contributed by atoms with Gasteiger partial charge in [-0.15, -0.1) is 5.10 Å². The monoisotopic (exact) mass is 294 g/mol. The Hall–Kier alpha value is -2.82. The lowest BCUT2D eigenvalue weighted by Crippen LogP contribution is -2.07. The molecule has 2 N–H and O–H groups in total. The molecule has 0 aliphatic rings. The minimum absolute atomic E-state index is 0.623. The molecule has 1 aromatic heterocycles. The summed E-state index contributed by atoms with van der Waals surface area (Å²) in [6.07, 6.45) is 2.64. The number of ether oxygens (including phenoxy) is 1. The van der Waals surface area contributed by atoms with Crippen LogP contribution in [-0.4, -0.2) is 21.6 Å². The fourth-order valence-corrected chi connectivity index (χ4v) is 2.22. The maximum absolute atomic E-state index is 5.69. The van der Waals surface area contributed by atoms with Crippen molar-refractivity contribution in [1.82, 2.24) is 15.0 Å². The van der Waals surface area contributed by atoms with E-state index in [-0.39, 0.29) is 0 Å².